The molecular formula is C13H18N2O7. The monoisotopic (exact) mass is 314 g/mol. The first-order valence-electron chi connectivity index (χ1n) is 6.43. The predicted octanol–water partition coefficient (Wildman–Crippen LogP) is -0.963. The molecule has 22 heavy (non-hydrogen) atoms. The summed E-state index contributed by atoms with van der Waals surface area (Å²) >= 11 is 0. The lowest BCUT2D eigenvalue weighted by Gasteiger charge is -2.22. The number of nitrogens with zero attached hydrogens (tertiary/aromatic N) is 2. The van der Waals surface area contributed by atoms with Crippen molar-refractivity contribution in [3.05, 3.63) is 27.7 Å². The summed E-state index contributed by atoms with van der Waals surface area (Å²) in [4.78, 5) is 34.4. The van der Waals surface area contributed by atoms with Crippen molar-refractivity contribution in [2.75, 3.05) is 13.6 Å². The number of aromatic hydroxyl groups is 1. The SMILES string of the molecule is CN(CC(=O)O)Cc1c(O)c(=O)cc(CO)n1CCC(=O)O. The number of carbonyl (C=O) groups is 2. The van der Waals surface area contributed by atoms with Gasteiger partial charge in [0.15, 0.2) is 5.75 Å². The van der Waals surface area contributed by atoms with Crippen LogP contribution in [-0.4, -0.2) is 55.4 Å². The molecule has 0 aromatic carbocycles. The van der Waals surface area contributed by atoms with Gasteiger partial charge in [-0.3, -0.25) is 19.3 Å². The van der Waals surface area contributed by atoms with E-state index in [0.29, 0.717) is 0 Å². The van der Waals surface area contributed by atoms with Gasteiger partial charge in [0, 0.05) is 24.8 Å². The van der Waals surface area contributed by atoms with Crippen molar-refractivity contribution in [2.24, 2.45) is 0 Å². The van der Waals surface area contributed by atoms with Crippen molar-refractivity contribution in [1.29, 1.82) is 0 Å². The molecule has 1 aromatic heterocycles. The third-order valence-electron chi connectivity index (χ3n) is 3.01. The highest BCUT2D eigenvalue weighted by Gasteiger charge is 2.18. The zero-order chi connectivity index (χ0) is 16.9. The van der Waals surface area contributed by atoms with E-state index in [1.165, 1.54) is 16.5 Å². The number of hydrogen-bond acceptors (Lipinski definition) is 6. The molecule has 0 atom stereocenters. The van der Waals surface area contributed by atoms with E-state index in [1.807, 2.05) is 0 Å². The van der Waals surface area contributed by atoms with Crippen molar-refractivity contribution in [3.63, 3.8) is 0 Å². The molecule has 0 aliphatic carbocycles. The van der Waals surface area contributed by atoms with E-state index in [0.717, 1.165) is 6.07 Å². The van der Waals surface area contributed by atoms with Gasteiger partial charge in [0.05, 0.1) is 25.3 Å². The zero-order valence-corrected chi connectivity index (χ0v) is 12.0. The van der Waals surface area contributed by atoms with E-state index in [1.54, 1.807) is 0 Å². The van der Waals surface area contributed by atoms with Crippen LogP contribution in [0.4, 0.5) is 0 Å². The highest BCUT2D eigenvalue weighted by atomic mass is 16.4. The van der Waals surface area contributed by atoms with Crippen LogP contribution in [0.2, 0.25) is 0 Å². The highest BCUT2D eigenvalue weighted by Crippen LogP contribution is 2.17. The van der Waals surface area contributed by atoms with Crippen LogP contribution in [-0.2, 0) is 29.3 Å². The molecule has 0 fully saturated rings. The summed E-state index contributed by atoms with van der Waals surface area (Å²) in [6.45, 7) is -0.975. The fourth-order valence-electron chi connectivity index (χ4n) is 2.06. The number of aromatic nitrogens is 1. The molecule has 122 valence electrons. The third kappa shape index (κ3) is 4.57. The van der Waals surface area contributed by atoms with E-state index in [4.69, 9.17) is 10.2 Å². The largest absolute Gasteiger partial charge is 0.503 e. The Balaban J connectivity index is 3.25. The van der Waals surface area contributed by atoms with Gasteiger partial charge in [-0.15, -0.1) is 0 Å². The van der Waals surface area contributed by atoms with E-state index < -0.39 is 29.7 Å². The summed E-state index contributed by atoms with van der Waals surface area (Å²) in [7, 11) is 1.48. The summed E-state index contributed by atoms with van der Waals surface area (Å²) in [6, 6.07) is 1.03. The first-order valence-corrected chi connectivity index (χ1v) is 6.43. The molecule has 0 aliphatic heterocycles. The Labute approximate surface area is 125 Å². The van der Waals surface area contributed by atoms with Crippen molar-refractivity contribution in [1.82, 2.24) is 9.47 Å². The fourth-order valence-corrected chi connectivity index (χ4v) is 2.06. The molecule has 0 spiro atoms. The summed E-state index contributed by atoms with van der Waals surface area (Å²) in [5, 5.41) is 36.7. The van der Waals surface area contributed by atoms with Gasteiger partial charge in [-0.2, -0.15) is 0 Å². The molecule has 1 rings (SSSR count). The van der Waals surface area contributed by atoms with Crippen LogP contribution in [0.25, 0.3) is 0 Å². The van der Waals surface area contributed by atoms with Gasteiger partial charge in [-0.25, -0.2) is 0 Å². The molecule has 0 saturated carbocycles. The summed E-state index contributed by atoms with van der Waals surface area (Å²) < 4.78 is 1.32. The Morgan fingerprint density at radius 3 is 2.41 bits per heavy atom. The summed E-state index contributed by atoms with van der Waals surface area (Å²) in [5.41, 5.74) is -0.487. The van der Waals surface area contributed by atoms with Crippen molar-refractivity contribution >= 4 is 11.9 Å². The van der Waals surface area contributed by atoms with Gasteiger partial charge in [0.2, 0.25) is 5.43 Å². The van der Waals surface area contributed by atoms with Gasteiger partial charge in [0.25, 0.3) is 0 Å². The Bertz CT molecular complexity index is 624. The number of pyridine rings is 1. The molecular weight excluding hydrogens is 296 g/mol. The molecule has 1 aromatic rings. The normalized spacial score (nSPS) is 10.9. The number of likely N-dealkylation sites (N-methyl/N-ethyl adjacent to an activating group) is 1. The Kier molecular flexibility index (Phi) is 6.08. The lowest BCUT2D eigenvalue weighted by molar-refractivity contribution is -0.138. The second-order valence-electron chi connectivity index (χ2n) is 4.81. The van der Waals surface area contributed by atoms with E-state index in [-0.39, 0.29) is 37.4 Å². The maximum Gasteiger partial charge on any atom is 0.317 e. The third-order valence-corrected chi connectivity index (χ3v) is 3.01. The minimum Gasteiger partial charge on any atom is -0.503 e. The molecule has 0 unspecified atom stereocenters. The molecule has 9 nitrogen and oxygen atoms in total. The number of hydrogen-bond donors (Lipinski definition) is 4. The molecule has 0 radical (unpaired) electrons. The standard InChI is InChI=1S/C13H18N2O7/c1-14(6-12(20)21)5-9-13(22)10(17)4-8(7-16)15(9)3-2-11(18)19/h4,16,22H,2-3,5-7H2,1H3,(H,18,19)(H,20,21). The van der Waals surface area contributed by atoms with Gasteiger partial charge in [0.1, 0.15) is 0 Å². The molecule has 4 N–H and O–H groups in total. The first kappa shape index (κ1) is 17.7. The van der Waals surface area contributed by atoms with Crippen LogP contribution >= 0.6 is 0 Å². The number of aliphatic hydroxyl groups excluding tert-OH is 1. The number of aliphatic carboxylic acids is 2. The smallest absolute Gasteiger partial charge is 0.317 e. The van der Waals surface area contributed by atoms with Crippen LogP contribution in [0.1, 0.15) is 17.8 Å². The molecule has 0 saturated heterocycles. The minimum absolute atomic E-state index is 0.0602. The quantitative estimate of drug-likeness (QED) is 0.481. The van der Waals surface area contributed by atoms with Gasteiger partial charge in [-0.05, 0) is 7.05 Å². The summed E-state index contributed by atoms with van der Waals surface area (Å²) in [6.07, 6.45) is -0.273. The average molecular weight is 314 g/mol. The van der Waals surface area contributed by atoms with Crippen LogP contribution in [0.3, 0.4) is 0 Å². The molecule has 1 heterocycles. The van der Waals surface area contributed by atoms with Crippen LogP contribution in [0.15, 0.2) is 10.9 Å². The molecule has 0 amide bonds. The first-order chi connectivity index (χ1) is 10.3. The van der Waals surface area contributed by atoms with Crippen LogP contribution < -0.4 is 5.43 Å². The maximum atomic E-state index is 11.7. The van der Waals surface area contributed by atoms with Gasteiger partial charge < -0.3 is 25.0 Å². The van der Waals surface area contributed by atoms with Gasteiger partial charge >= 0.3 is 11.9 Å². The van der Waals surface area contributed by atoms with E-state index in [9.17, 15) is 24.6 Å². The number of carboxylic acids is 2. The molecule has 9 heteroatoms. The number of rotatable bonds is 8. The van der Waals surface area contributed by atoms with Crippen molar-refractivity contribution in [3.8, 4) is 5.75 Å². The summed E-state index contributed by atoms with van der Waals surface area (Å²) in [5.74, 6) is -2.74. The lowest BCUT2D eigenvalue weighted by Crippen LogP contribution is -2.29. The average Bonchev–Trinajstić information content (AvgIpc) is 2.41. The van der Waals surface area contributed by atoms with E-state index >= 15 is 0 Å². The number of aliphatic hydroxyl groups is 1. The van der Waals surface area contributed by atoms with E-state index in [2.05, 4.69) is 0 Å². The highest BCUT2D eigenvalue weighted by molar-refractivity contribution is 5.69. The van der Waals surface area contributed by atoms with Gasteiger partial charge in [-0.1, -0.05) is 0 Å². The van der Waals surface area contributed by atoms with Crippen LogP contribution in [0, 0.1) is 0 Å². The van der Waals surface area contributed by atoms with Crippen LogP contribution in [0.5, 0.6) is 5.75 Å². The number of carboxylic acid groups (broad SMARTS) is 2. The minimum atomic E-state index is -1.08. The Morgan fingerprint density at radius 1 is 1.27 bits per heavy atom. The fraction of sp³-hybridized carbons (Fsp3) is 0.462. The molecule has 0 bridgehead atoms. The molecule has 0 aliphatic rings. The Hall–Kier alpha value is -2.39. The second kappa shape index (κ2) is 7.57. The predicted molar refractivity (Wildman–Crippen MR) is 74.5 cm³/mol. The zero-order valence-electron chi connectivity index (χ0n) is 12.0. The maximum absolute atomic E-state index is 11.7. The second-order valence-corrected chi connectivity index (χ2v) is 4.81. The van der Waals surface area contributed by atoms with Crippen molar-refractivity contribution < 1.29 is 30.0 Å². The van der Waals surface area contributed by atoms with Crippen molar-refractivity contribution in [2.45, 2.75) is 26.1 Å². The Morgan fingerprint density at radius 2 is 1.91 bits per heavy atom. The lowest BCUT2D eigenvalue weighted by atomic mass is 10.2. The topological polar surface area (TPSA) is 140 Å².